The van der Waals surface area contributed by atoms with Crippen molar-refractivity contribution in [3.05, 3.63) is 35.4 Å². The largest absolute Gasteiger partial charge is 0.373 e. The average Bonchev–Trinajstić information content (AvgIpc) is 2.55. The summed E-state index contributed by atoms with van der Waals surface area (Å²) in [5.41, 5.74) is 1.83. The van der Waals surface area contributed by atoms with E-state index in [-0.39, 0.29) is 6.10 Å². The molecule has 0 heterocycles. The third-order valence-electron chi connectivity index (χ3n) is 4.54. The molecule has 0 amide bonds. The van der Waals surface area contributed by atoms with Gasteiger partial charge in [-0.05, 0) is 49.3 Å². The molecule has 0 spiro atoms. The molecule has 0 radical (unpaired) electrons. The van der Waals surface area contributed by atoms with Crippen molar-refractivity contribution < 1.29 is 14.6 Å². The van der Waals surface area contributed by atoms with Crippen LogP contribution >= 0.6 is 0 Å². The Balaban J connectivity index is 1.79. The minimum Gasteiger partial charge on any atom is -0.293 e. The van der Waals surface area contributed by atoms with Gasteiger partial charge in [-0.3, -0.25) is 4.89 Å². The summed E-state index contributed by atoms with van der Waals surface area (Å²) in [5.74, 6) is 0.0698. The van der Waals surface area contributed by atoms with Gasteiger partial charge in [-0.2, -0.15) is 4.89 Å². The Kier molecular flexibility index (Phi) is 6.91. The van der Waals surface area contributed by atoms with Crippen LogP contribution in [0.25, 0.3) is 0 Å². The van der Waals surface area contributed by atoms with Gasteiger partial charge in [0.2, 0.25) is 0 Å². The first kappa shape index (κ1) is 17.0. The molecule has 1 fully saturated rings. The van der Waals surface area contributed by atoms with Crippen LogP contribution in [0.4, 0.5) is 0 Å². The highest BCUT2D eigenvalue weighted by atomic mass is 17.2. The van der Waals surface area contributed by atoms with Gasteiger partial charge in [0.1, 0.15) is 6.10 Å². The summed E-state index contributed by atoms with van der Waals surface area (Å²) in [6.45, 7) is 4.36. The highest BCUT2D eigenvalue weighted by Crippen LogP contribution is 2.26. The maximum Gasteiger partial charge on any atom is 0.373 e. The predicted molar refractivity (Wildman–Crippen MR) is 87.6 cm³/mol. The monoisotopic (exact) mass is 304 g/mol. The molecule has 2 rings (SSSR count). The number of hydrogen-bond acceptors (Lipinski definition) is 3. The zero-order valence-electron chi connectivity index (χ0n) is 13.8. The summed E-state index contributed by atoms with van der Waals surface area (Å²) in [6, 6.07) is 7.68. The fourth-order valence-corrected chi connectivity index (χ4v) is 2.97. The molecule has 22 heavy (non-hydrogen) atoms. The summed E-state index contributed by atoms with van der Waals surface area (Å²) in [7, 11) is 0. The van der Waals surface area contributed by atoms with Crippen LogP contribution in [0.5, 0.6) is 0 Å². The standard InChI is InChI=1S/C19H28O3/c1-3-4-5-9-16-11-13-17(14-12-16)19(20)22-21-18-10-7-6-8-15(18)2/h11-15,18H,3-10H2,1-2H3. The van der Waals surface area contributed by atoms with Gasteiger partial charge in [0, 0.05) is 0 Å². The lowest BCUT2D eigenvalue weighted by Crippen LogP contribution is -2.26. The van der Waals surface area contributed by atoms with Crippen LogP contribution in [0.1, 0.15) is 74.7 Å². The maximum absolute atomic E-state index is 12.0. The molecule has 0 aromatic heterocycles. The van der Waals surface area contributed by atoms with E-state index in [0.29, 0.717) is 11.5 Å². The summed E-state index contributed by atoms with van der Waals surface area (Å²) in [5, 5.41) is 0. The van der Waals surface area contributed by atoms with E-state index in [0.717, 1.165) is 25.7 Å². The molecule has 0 N–H and O–H groups in total. The highest BCUT2D eigenvalue weighted by Gasteiger charge is 2.24. The first-order valence-corrected chi connectivity index (χ1v) is 8.67. The first-order valence-electron chi connectivity index (χ1n) is 8.67. The second kappa shape index (κ2) is 8.94. The Bertz CT molecular complexity index is 452. The fraction of sp³-hybridized carbons (Fsp3) is 0.632. The normalized spacial score (nSPS) is 21.5. The van der Waals surface area contributed by atoms with Gasteiger partial charge >= 0.3 is 5.97 Å². The van der Waals surface area contributed by atoms with Crippen LogP contribution in [-0.4, -0.2) is 12.1 Å². The van der Waals surface area contributed by atoms with E-state index >= 15 is 0 Å². The summed E-state index contributed by atoms with van der Waals surface area (Å²) in [4.78, 5) is 22.4. The lowest BCUT2D eigenvalue weighted by Gasteiger charge is -2.26. The van der Waals surface area contributed by atoms with E-state index in [1.165, 1.54) is 31.2 Å². The second-order valence-electron chi connectivity index (χ2n) is 6.42. The summed E-state index contributed by atoms with van der Waals surface area (Å²) >= 11 is 0. The van der Waals surface area contributed by atoms with E-state index in [1.54, 1.807) is 0 Å². The molecule has 2 atom stereocenters. The van der Waals surface area contributed by atoms with E-state index in [1.807, 2.05) is 24.3 Å². The molecule has 3 nitrogen and oxygen atoms in total. The van der Waals surface area contributed by atoms with Crippen molar-refractivity contribution in [2.24, 2.45) is 5.92 Å². The summed E-state index contributed by atoms with van der Waals surface area (Å²) in [6.07, 6.45) is 9.30. The van der Waals surface area contributed by atoms with Crippen LogP contribution in [0.3, 0.4) is 0 Å². The average molecular weight is 304 g/mol. The smallest absolute Gasteiger partial charge is 0.293 e. The molecule has 1 saturated carbocycles. The van der Waals surface area contributed by atoms with Gasteiger partial charge in [-0.1, -0.05) is 51.7 Å². The number of aryl methyl sites for hydroxylation is 1. The van der Waals surface area contributed by atoms with Gasteiger partial charge in [-0.15, -0.1) is 0 Å². The van der Waals surface area contributed by atoms with Gasteiger partial charge < -0.3 is 0 Å². The topological polar surface area (TPSA) is 35.5 Å². The molecule has 2 unspecified atom stereocenters. The van der Waals surface area contributed by atoms with E-state index in [4.69, 9.17) is 9.78 Å². The Hall–Kier alpha value is -1.35. The third-order valence-corrected chi connectivity index (χ3v) is 4.54. The Morgan fingerprint density at radius 2 is 1.86 bits per heavy atom. The van der Waals surface area contributed by atoms with Gasteiger partial charge in [0.15, 0.2) is 0 Å². The molecular weight excluding hydrogens is 276 g/mol. The van der Waals surface area contributed by atoms with Crippen molar-refractivity contribution in [3.8, 4) is 0 Å². The zero-order valence-corrected chi connectivity index (χ0v) is 13.8. The molecule has 0 aliphatic heterocycles. The minimum atomic E-state index is -0.391. The molecular formula is C19H28O3. The van der Waals surface area contributed by atoms with Crippen molar-refractivity contribution in [1.29, 1.82) is 0 Å². The van der Waals surface area contributed by atoms with E-state index < -0.39 is 5.97 Å². The molecule has 122 valence electrons. The quantitative estimate of drug-likeness (QED) is 0.400. The molecule has 1 aliphatic carbocycles. The van der Waals surface area contributed by atoms with E-state index in [2.05, 4.69) is 13.8 Å². The van der Waals surface area contributed by atoms with Crippen LogP contribution in [0, 0.1) is 5.92 Å². The van der Waals surface area contributed by atoms with Gasteiger partial charge in [-0.25, -0.2) is 4.79 Å². The van der Waals surface area contributed by atoms with E-state index in [9.17, 15) is 4.79 Å². The first-order chi connectivity index (χ1) is 10.7. The lowest BCUT2D eigenvalue weighted by atomic mass is 9.88. The lowest BCUT2D eigenvalue weighted by molar-refractivity contribution is -0.289. The third kappa shape index (κ3) is 5.13. The van der Waals surface area contributed by atoms with Crippen LogP contribution in [0.15, 0.2) is 24.3 Å². The highest BCUT2D eigenvalue weighted by molar-refractivity contribution is 5.88. The summed E-state index contributed by atoms with van der Waals surface area (Å²) < 4.78 is 0. The molecule has 0 saturated heterocycles. The van der Waals surface area contributed by atoms with Crippen LogP contribution in [0.2, 0.25) is 0 Å². The zero-order chi connectivity index (χ0) is 15.8. The molecule has 0 bridgehead atoms. The Morgan fingerprint density at radius 1 is 1.14 bits per heavy atom. The van der Waals surface area contributed by atoms with Crippen molar-refractivity contribution in [2.75, 3.05) is 0 Å². The second-order valence-corrected chi connectivity index (χ2v) is 6.42. The van der Waals surface area contributed by atoms with Crippen molar-refractivity contribution in [1.82, 2.24) is 0 Å². The minimum absolute atomic E-state index is 0.0472. The molecule has 1 aromatic carbocycles. The number of carbonyl (C=O) groups excluding carboxylic acids is 1. The number of unbranched alkanes of at least 4 members (excludes halogenated alkanes) is 2. The SMILES string of the molecule is CCCCCc1ccc(C(=O)OOC2CCCCC2C)cc1. The number of hydrogen-bond donors (Lipinski definition) is 0. The van der Waals surface area contributed by atoms with Crippen LogP contribution in [-0.2, 0) is 16.2 Å². The van der Waals surface area contributed by atoms with Crippen molar-refractivity contribution in [2.45, 2.75) is 71.3 Å². The van der Waals surface area contributed by atoms with Crippen molar-refractivity contribution >= 4 is 5.97 Å². The van der Waals surface area contributed by atoms with Crippen LogP contribution < -0.4 is 0 Å². The number of rotatable bonds is 7. The maximum atomic E-state index is 12.0. The fourth-order valence-electron chi connectivity index (χ4n) is 2.97. The number of carbonyl (C=O) groups is 1. The predicted octanol–water partition coefficient (Wildman–Crippen LogP) is 5.09. The molecule has 1 aliphatic rings. The Labute approximate surface area is 133 Å². The van der Waals surface area contributed by atoms with Gasteiger partial charge in [0.25, 0.3) is 0 Å². The molecule has 1 aromatic rings. The van der Waals surface area contributed by atoms with Crippen molar-refractivity contribution in [3.63, 3.8) is 0 Å². The molecule has 3 heteroatoms. The number of benzene rings is 1. The van der Waals surface area contributed by atoms with Gasteiger partial charge in [0.05, 0.1) is 5.56 Å². The Morgan fingerprint density at radius 3 is 2.55 bits per heavy atom.